The third kappa shape index (κ3) is 6.94. The zero-order valence-corrected chi connectivity index (χ0v) is 22.9. The Balaban J connectivity index is 0.00000171. The molecule has 0 amide bonds. The van der Waals surface area contributed by atoms with Crippen molar-refractivity contribution < 1.29 is 4.39 Å². The Kier molecular flexibility index (Phi) is 11.2. The van der Waals surface area contributed by atoms with Crippen LogP contribution in [0.3, 0.4) is 0 Å². The van der Waals surface area contributed by atoms with Crippen molar-refractivity contribution in [3.05, 3.63) is 35.8 Å². The zero-order valence-electron chi connectivity index (χ0n) is 21.2. The van der Waals surface area contributed by atoms with Crippen molar-refractivity contribution in [1.29, 1.82) is 0 Å². The summed E-state index contributed by atoms with van der Waals surface area (Å²) in [5, 5.41) is 5.06. The van der Waals surface area contributed by atoms with E-state index in [1.54, 1.807) is 6.07 Å². The van der Waals surface area contributed by atoms with Crippen molar-refractivity contribution in [1.82, 2.24) is 9.88 Å². The van der Waals surface area contributed by atoms with E-state index in [9.17, 15) is 4.39 Å². The van der Waals surface area contributed by atoms with Crippen molar-refractivity contribution in [2.24, 2.45) is 11.7 Å². The van der Waals surface area contributed by atoms with Gasteiger partial charge >= 0.3 is 0 Å². The van der Waals surface area contributed by atoms with Crippen molar-refractivity contribution >= 4 is 35.7 Å². The van der Waals surface area contributed by atoms with Crippen LogP contribution in [0.5, 0.6) is 0 Å². The standard InChI is InChI=1S/C29H44FN3.2ClH/c30-22-11-16-29-27(19-22)28(20-33(29)25-9-5-2-6-10-25)26(21-7-3-1-4-8-21)17-18-32-24-14-12-23(31)13-15-24;;/h11,16,19-21,23-26,32H,1-10,12-15,17-18,31H2;2*1H/t23-,24-,26?;;. The Morgan fingerprint density at radius 2 is 1.54 bits per heavy atom. The molecule has 3 fully saturated rings. The Labute approximate surface area is 224 Å². The predicted octanol–water partition coefficient (Wildman–Crippen LogP) is 8.04. The van der Waals surface area contributed by atoms with E-state index in [1.165, 1.54) is 93.5 Å². The highest BCUT2D eigenvalue weighted by Gasteiger charge is 2.29. The molecule has 0 spiro atoms. The summed E-state index contributed by atoms with van der Waals surface area (Å²) in [4.78, 5) is 0. The predicted molar refractivity (Wildman–Crippen MR) is 151 cm³/mol. The van der Waals surface area contributed by atoms with Gasteiger partial charge in [0.05, 0.1) is 0 Å². The molecule has 0 bridgehead atoms. The molecule has 1 unspecified atom stereocenters. The van der Waals surface area contributed by atoms with Crippen LogP contribution in [0.25, 0.3) is 10.9 Å². The lowest BCUT2D eigenvalue weighted by Crippen LogP contribution is -2.38. The molecular formula is C29H46Cl2FN3. The van der Waals surface area contributed by atoms with Gasteiger partial charge in [-0.1, -0.05) is 38.5 Å². The van der Waals surface area contributed by atoms with Gasteiger partial charge in [-0.3, -0.25) is 0 Å². The molecule has 35 heavy (non-hydrogen) atoms. The molecule has 1 aromatic heterocycles. The first-order valence-electron chi connectivity index (χ1n) is 14.0. The van der Waals surface area contributed by atoms with Crippen LogP contribution in [-0.2, 0) is 0 Å². The van der Waals surface area contributed by atoms with Gasteiger partial charge in [0.15, 0.2) is 0 Å². The number of halogens is 3. The summed E-state index contributed by atoms with van der Waals surface area (Å²) in [5.74, 6) is 1.16. The summed E-state index contributed by atoms with van der Waals surface area (Å²) >= 11 is 0. The maximum absolute atomic E-state index is 14.5. The molecule has 5 rings (SSSR count). The van der Waals surface area contributed by atoms with Crippen LogP contribution in [0, 0.1) is 11.7 Å². The summed E-state index contributed by atoms with van der Waals surface area (Å²) in [6.45, 7) is 1.06. The Morgan fingerprint density at radius 3 is 2.23 bits per heavy atom. The number of hydrogen-bond acceptors (Lipinski definition) is 2. The highest BCUT2D eigenvalue weighted by atomic mass is 35.5. The minimum atomic E-state index is -0.0933. The summed E-state index contributed by atoms with van der Waals surface area (Å²) in [6.07, 6.45) is 21.6. The van der Waals surface area contributed by atoms with E-state index in [1.807, 2.05) is 12.1 Å². The van der Waals surface area contributed by atoms with Gasteiger partial charge in [0.2, 0.25) is 0 Å². The fraction of sp³-hybridized carbons (Fsp3) is 0.724. The van der Waals surface area contributed by atoms with Gasteiger partial charge in [-0.05, 0) is 99.9 Å². The number of nitrogens with zero attached hydrogens (tertiary/aromatic N) is 1. The maximum Gasteiger partial charge on any atom is 0.123 e. The third-order valence-electron chi connectivity index (χ3n) is 9.07. The quantitative estimate of drug-likeness (QED) is 0.383. The Morgan fingerprint density at radius 1 is 0.886 bits per heavy atom. The number of nitrogens with one attached hydrogen (secondary N) is 1. The van der Waals surface area contributed by atoms with E-state index < -0.39 is 0 Å². The van der Waals surface area contributed by atoms with Crippen LogP contribution in [-0.4, -0.2) is 23.2 Å². The number of rotatable bonds is 7. The molecule has 3 aliphatic carbocycles. The number of nitrogens with two attached hydrogens (primary N) is 1. The van der Waals surface area contributed by atoms with Crippen molar-refractivity contribution in [3.63, 3.8) is 0 Å². The molecule has 6 heteroatoms. The molecule has 198 valence electrons. The van der Waals surface area contributed by atoms with Gasteiger partial charge in [0.1, 0.15) is 5.82 Å². The summed E-state index contributed by atoms with van der Waals surface area (Å²) in [6, 6.07) is 7.14. The molecule has 3 nitrogen and oxygen atoms in total. The van der Waals surface area contributed by atoms with Crippen LogP contribution >= 0.6 is 24.8 Å². The lowest BCUT2D eigenvalue weighted by molar-refractivity contribution is 0.282. The molecule has 0 saturated heterocycles. The van der Waals surface area contributed by atoms with E-state index >= 15 is 0 Å². The minimum absolute atomic E-state index is 0. The molecule has 2 aromatic rings. The molecule has 1 atom stereocenters. The second-order valence-corrected chi connectivity index (χ2v) is 11.3. The largest absolute Gasteiger partial charge is 0.344 e. The van der Waals surface area contributed by atoms with Crippen LogP contribution in [0.2, 0.25) is 0 Å². The van der Waals surface area contributed by atoms with E-state index in [-0.39, 0.29) is 30.6 Å². The summed E-state index contributed by atoms with van der Waals surface area (Å²) in [7, 11) is 0. The molecule has 0 radical (unpaired) electrons. The monoisotopic (exact) mass is 525 g/mol. The molecule has 3 aliphatic rings. The summed E-state index contributed by atoms with van der Waals surface area (Å²) < 4.78 is 17.0. The van der Waals surface area contributed by atoms with Crippen LogP contribution in [0.4, 0.5) is 4.39 Å². The zero-order chi connectivity index (χ0) is 22.6. The number of benzene rings is 1. The normalized spacial score (nSPS) is 25.1. The van der Waals surface area contributed by atoms with Crippen LogP contribution in [0.1, 0.15) is 114 Å². The van der Waals surface area contributed by atoms with Crippen LogP contribution < -0.4 is 11.1 Å². The van der Waals surface area contributed by atoms with Gasteiger partial charge in [-0.25, -0.2) is 4.39 Å². The van der Waals surface area contributed by atoms with Crippen LogP contribution in [0.15, 0.2) is 24.4 Å². The number of hydrogen-bond donors (Lipinski definition) is 2. The van der Waals surface area contributed by atoms with Crippen molar-refractivity contribution in [2.75, 3.05) is 6.54 Å². The molecule has 1 heterocycles. The first-order valence-corrected chi connectivity index (χ1v) is 14.0. The third-order valence-corrected chi connectivity index (χ3v) is 9.07. The molecule has 0 aliphatic heterocycles. The fourth-order valence-electron chi connectivity index (χ4n) is 7.16. The molecular weight excluding hydrogens is 480 g/mol. The first-order chi connectivity index (χ1) is 16.2. The number of aromatic nitrogens is 1. The van der Waals surface area contributed by atoms with Gasteiger partial charge in [-0.2, -0.15) is 0 Å². The molecule has 3 N–H and O–H groups in total. The SMILES string of the molecule is Cl.Cl.N[C@H]1CC[C@H](NCCC(c2cn(C3CCCCC3)c3ccc(F)cc23)C2CCCCC2)CC1. The second-order valence-electron chi connectivity index (χ2n) is 11.3. The van der Waals surface area contributed by atoms with Gasteiger partial charge < -0.3 is 15.6 Å². The van der Waals surface area contributed by atoms with E-state index in [2.05, 4.69) is 16.1 Å². The van der Waals surface area contributed by atoms with Gasteiger partial charge in [0, 0.05) is 35.2 Å². The Hall–Kier alpha value is -0.810. The molecule has 1 aromatic carbocycles. The van der Waals surface area contributed by atoms with E-state index in [0.717, 1.165) is 31.7 Å². The van der Waals surface area contributed by atoms with Crippen molar-refractivity contribution in [3.8, 4) is 0 Å². The number of fused-ring (bicyclic) bond motifs is 1. The fourth-order valence-corrected chi connectivity index (χ4v) is 7.16. The van der Waals surface area contributed by atoms with Gasteiger partial charge in [0.25, 0.3) is 0 Å². The average Bonchev–Trinajstić information content (AvgIpc) is 3.22. The maximum atomic E-state index is 14.5. The van der Waals surface area contributed by atoms with E-state index in [4.69, 9.17) is 5.73 Å². The lowest BCUT2D eigenvalue weighted by Gasteiger charge is -2.32. The lowest BCUT2D eigenvalue weighted by atomic mass is 9.75. The minimum Gasteiger partial charge on any atom is -0.344 e. The topological polar surface area (TPSA) is 43.0 Å². The highest BCUT2D eigenvalue weighted by Crippen LogP contribution is 2.43. The Bertz CT molecular complexity index is 897. The molecule has 3 saturated carbocycles. The van der Waals surface area contributed by atoms with E-state index in [0.29, 0.717) is 24.0 Å². The van der Waals surface area contributed by atoms with Gasteiger partial charge in [-0.15, -0.1) is 24.8 Å². The second kappa shape index (κ2) is 13.7. The summed E-state index contributed by atoms with van der Waals surface area (Å²) in [5.41, 5.74) is 8.80. The smallest absolute Gasteiger partial charge is 0.123 e. The first kappa shape index (κ1) is 28.8. The average molecular weight is 527 g/mol. The highest BCUT2D eigenvalue weighted by molar-refractivity contribution is 5.86. The van der Waals surface area contributed by atoms with Crippen molar-refractivity contribution in [2.45, 2.75) is 120 Å².